The minimum absolute atomic E-state index is 0.0672. The Bertz CT molecular complexity index is 132. The van der Waals surface area contributed by atoms with Gasteiger partial charge in [0, 0.05) is 24.1 Å². The molecule has 80 valence electrons. The van der Waals surface area contributed by atoms with E-state index in [-0.39, 0.29) is 22.7 Å². The average molecular weight is 226 g/mol. The largest absolute Gasteiger partial charge is 0.395 e. The summed E-state index contributed by atoms with van der Waals surface area (Å²) < 4.78 is 4.67. The van der Waals surface area contributed by atoms with E-state index in [0.29, 0.717) is 0 Å². The van der Waals surface area contributed by atoms with E-state index in [9.17, 15) is 0 Å². The fourth-order valence-corrected chi connectivity index (χ4v) is 1.97. The molecular weight excluding hydrogens is 208 g/mol. The number of aliphatic hydroxyl groups is 2. The van der Waals surface area contributed by atoms with Gasteiger partial charge in [0.05, 0.1) is 22.7 Å². The van der Waals surface area contributed by atoms with Crippen LogP contribution in [0, 0.1) is 0 Å². The Labute approximate surface area is 88.7 Å². The van der Waals surface area contributed by atoms with Gasteiger partial charge in [-0.05, 0) is 27.7 Å². The summed E-state index contributed by atoms with van der Waals surface area (Å²) in [6, 6.07) is 0. The highest BCUT2D eigenvalue weighted by molar-refractivity contribution is 8.09. The van der Waals surface area contributed by atoms with Crippen molar-refractivity contribution in [2.24, 2.45) is 0 Å². The predicted molar refractivity (Wildman–Crippen MR) is 58.6 cm³/mol. The van der Waals surface area contributed by atoms with E-state index in [4.69, 9.17) is 13.8 Å². The number of hydrogen-bond donors (Lipinski definition) is 2. The van der Waals surface area contributed by atoms with Gasteiger partial charge in [0.25, 0.3) is 0 Å². The second-order valence-corrected chi connectivity index (χ2v) is 7.16. The van der Waals surface area contributed by atoms with Crippen molar-refractivity contribution < 1.29 is 13.8 Å². The van der Waals surface area contributed by atoms with Crippen LogP contribution in [-0.4, -0.2) is 32.9 Å². The Balaban J connectivity index is 3.68. The molecule has 0 spiro atoms. The maximum Gasteiger partial charge on any atom is 0.0609 e. The van der Waals surface area contributed by atoms with E-state index in [1.807, 2.05) is 27.7 Å². The molecule has 0 aliphatic heterocycles. The molecule has 0 rings (SSSR count). The summed E-state index contributed by atoms with van der Waals surface area (Å²) in [5.74, 6) is 0. The molecule has 0 saturated heterocycles. The van der Waals surface area contributed by atoms with Gasteiger partial charge in [0.15, 0.2) is 0 Å². The topological polar surface area (TPSA) is 49.7 Å². The zero-order valence-electron chi connectivity index (χ0n) is 8.53. The molecule has 0 aliphatic carbocycles. The highest BCUT2D eigenvalue weighted by Gasteiger charge is 2.23. The molecule has 0 aromatic rings. The quantitative estimate of drug-likeness (QED) is 0.677. The Morgan fingerprint density at radius 3 is 1.46 bits per heavy atom. The third-order valence-corrected chi connectivity index (χ3v) is 2.99. The molecule has 0 fully saturated rings. The van der Waals surface area contributed by atoms with Crippen molar-refractivity contribution in [2.45, 2.75) is 37.2 Å². The first kappa shape index (κ1) is 13.6. The molecule has 0 heterocycles. The van der Waals surface area contributed by atoms with Crippen molar-refractivity contribution in [1.82, 2.24) is 0 Å². The van der Waals surface area contributed by atoms with E-state index in [1.54, 1.807) is 0 Å². The second kappa shape index (κ2) is 5.46. The highest BCUT2D eigenvalue weighted by Crippen LogP contribution is 2.34. The summed E-state index contributed by atoms with van der Waals surface area (Å²) >= 11 is 2.45. The Morgan fingerprint density at radius 1 is 0.923 bits per heavy atom. The zero-order chi connectivity index (χ0) is 10.5. The molecule has 0 radical (unpaired) electrons. The molecule has 3 nitrogen and oxygen atoms in total. The minimum Gasteiger partial charge on any atom is -0.395 e. The van der Waals surface area contributed by atoms with Gasteiger partial charge in [0.2, 0.25) is 0 Å². The van der Waals surface area contributed by atoms with E-state index < -0.39 is 0 Å². The monoisotopic (exact) mass is 226 g/mol. The number of aliphatic hydroxyl groups excluding tert-OH is 2. The summed E-state index contributed by atoms with van der Waals surface area (Å²) in [5, 5.41) is 17.8. The van der Waals surface area contributed by atoms with Crippen molar-refractivity contribution in [3.05, 3.63) is 0 Å². The van der Waals surface area contributed by atoms with Crippen LogP contribution in [0.25, 0.3) is 0 Å². The summed E-state index contributed by atoms with van der Waals surface area (Å²) in [6.45, 7) is 7.71. The maximum atomic E-state index is 8.92. The van der Waals surface area contributed by atoms with E-state index >= 15 is 0 Å². The first-order chi connectivity index (χ1) is 5.83. The van der Waals surface area contributed by atoms with Crippen LogP contribution >= 0.6 is 24.1 Å². The Hall–Kier alpha value is 0.580. The number of rotatable bonds is 6. The first-order valence-corrected chi connectivity index (χ1v) is 5.56. The van der Waals surface area contributed by atoms with Crippen LogP contribution in [-0.2, 0) is 3.63 Å². The molecule has 5 heteroatoms. The highest BCUT2D eigenvalue weighted by atomic mass is 32.2. The molecule has 0 aromatic carbocycles. The third-order valence-electron chi connectivity index (χ3n) is 1.28. The minimum atomic E-state index is -0.293. The normalized spacial score (nSPS) is 13.4. The molecule has 0 amide bonds. The molecular formula is C8H18O3S2. The lowest BCUT2D eigenvalue weighted by atomic mass is 10.2. The zero-order valence-corrected chi connectivity index (χ0v) is 10.2. The molecule has 2 N–H and O–H groups in total. The molecule has 0 aromatic heterocycles. The van der Waals surface area contributed by atoms with Crippen LogP contribution in [0.4, 0.5) is 0 Å². The van der Waals surface area contributed by atoms with Gasteiger partial charge in [-0.1, -0.05) is 0 Å². The van der Waals surface area contributed by atoms with Gasteiger partial charge in [-0.15, -0.1) is 0 Å². The summed E-state index contributed by atoms with van der Waals surface area (Å²) in [4.78, 5) is 0. The molecule has 0 atom stereocenters. The molecule has 0 saturated carbocycles. The molecule has 0 bridgehead atoms. The summed E-state index contributed by atoms with van der Waals surface area (Å²) in [6.07, 6.45) is 0. The van der Waals surface area contributed by atoms with Crippen LogP contribution in [0.5, 0.6) is 0 Å². The smallest absolute Gasteiger partial charge is 0.0609 e. The van der Waals surface area contributed by atoms with Crippen molar-refractivity contribution >= 4 is 24.1 Å². The van der Waals surface area contributed by atoms with Gasteiger partial charge >= 0.3 is 0 Å². The fourth-order valence-electron chi connectivity index (χ4n) is 0.254. The maximum absolute atomic E-state index is 8.92. The van der Waals surface area contributed by atoms with Gasteiger partial charge < -0.3 is 10.2 Å². The fraction of sp³-hybridized carbons (Fsp3) is 1.00. The van der Waals surface area contributed by atoms with Crippen molar-refractivity contribution in [2.75, 3.05) is 13.2 Å². The SMILES string of the molecule is CC(C)(CO)SOSC(C)(C)CO. The Morgan fingerprint density at radius 2 is 1.23 bits per heavy atom. The van der Waals surface area contributed by atoms with E-state index in [1.165, 1.54) is 24.1 Å². The lowest BCUT2D eigenvalue weighted by molar-refractivity contribution is 0.259. The van der Waals surface area contributed by atoms with Crippen LogP contribution in [0.3, 0.4) is 0 Å². The van der Waals surface area contributed by atoms with E-state index in [0.717, 1.165) is 0 Å². The summed E-state index contributed by atoms with van der Waals surface area (Å²) in [5.41, 5.74) is 0. The molecule has 13 heavy (non-hydrogen) atoms. The first-order valence-electron chi connectivity index (χ1n) is 4.08. The average Bonchev–Trinajstić information content (AvgIpc) is 2.04. The van der Waals surface area contributed by atoms with Crippen molar-refractivity contribution in [1.29, 1.82) is 0 Å². The van der Waals surface area contributed by atoms with Crippen LogP contribution < -0.4 is 0 Å². The molecule has 0 unspecified atom stereocenters. The Kier molecular flexibility index (Phi) is 5.70. The van der Waals surface area contributed by atoms with Crippen molar-refractivity contribution in [3.8, 4) is 0 Å². The van der Waals surface area contributed by atoms with Crippen LogP contribution in [0.2, 0.25) is 0 Å². The van der Waals surface area contributed by atoms with Gasteiger partial charge in [-0.2, -0.15) is 0 Å². The second-order valence-electron chi connectivity index (χ2n) is 4.07. The number of hydrogen-bond acceptors (Lipinski definition) is 5. The predicted octanol–water partition coefficient (Wildman–Crippen LogP) is 1.84. The van der Waals surface area contributed by atoms with E-state index in [2.05, 4.69) is 0 Å². The third kappa shape index (κ3) is 6.62. The van der Waals surface area contributed by atoms with Gasteiger partial charge in [-0.25, -0.2) is 3.63 Å². The van der Waals surface area contributed by atoms with Crippen molar-refractivity contribution in [3.63, 3.8) is 0 Å². The summed E-state index contributed by atoms with van der Waals surface area (Å²) in [7, 11) is 0. The lowest BCUT2D eigenvalue weighted by Gasteiger charge is -2.23. The van der Waals surface area contributed by atoms with Gasteiger partial charge in [0.1, 0.15) is 0 Å². The van der Waals surface area contributed by atoms with Gasteiger partial charge in [-0.3, -0.25) is 0 Å². The molecule has 0 aliphatic rings. The lowest BCUT2D eigenvalue weighted by Crippen LogP contribution is -2.22. The standard InChI is InChI=1S/C8H18O3S2/c1-7(2,5-9)12-11-13-8(3,4)6-10/h9-10H,5-6H2,1-4H3. The van der Waals surface area contributed by atoms with Crippen LogP contribution in [0.15, 0.2) is 0 Å². The van der Waals surface area contributed by atoms with Crippen LogP contribution in [0.1, 0.15) is 27.7 Å².